The quantitative estimate of drug-likeness (QED) is 0.154. The number of nitrogens with zero attached hydrogens (tertiary/aromatic N) is 5. The maximum absolute atomic E-state index is 5.08. The van der Waals surface area contributed by atoms with Crippen molar-refractivity contribution in [2.24, 2.45) is 0 Å². The Hall–Kier alpha value is -8.28. The van der Waals surface area contributed by atoms with Crippen LogP contribution < -0.4 is 0 Å². The maximum Gasteiger partial charge on any atom is 0.164 e. The number of hydrogen-bond donors (Lipinski definition) is 0. The summed E-state index contributed by atoms with van der Waals surface area (Å²) < 4.78 is 2.14. The molecule has 0 spiro atoms. The molecule has 0 saturated carbocycles. The Morgan fingerprint density at radius 1 is 0.295 bits per heavy atom. The molecule has 11 rings (SSSR count). The first-order valence-corrected chi connectivity index (χ1v) is 20.5. The molecular formula is C56H37N5. The highest BCUT2D eigenvalue weighted by Crippen LogP contribution is 2.43. The van der Waals surface area contributed by atoms with Gasteiger partial charge >= 0.3 is 0 Å². The maximum atomic E-state index is 5.08. The first kappa shape index (κ1) is 35.8. The fraction of sp³-hybridized carbons (Fsp3) is 0. The molecule has 11 aromatic rings. The Bertz CT molecular complexity index is 3310. The minimum Gasteiger partial charge on any atom is -0.231 e. The van der Waals surface area contributed by atoms with Gasteiger partial charge in [0.25, 0.3) is 0 Å². The standard InChI is InChI=1S/C56H37N5/c1-5-16-38(17-6-1)39-30-34-45(35-31-39)55-58-54(44-22-11-4-12-23-44)59-56(60-55)47-25-15-24-46(36-47)40-28-32-42(33-29-40)51-48-26-13-14-27-49(48)53-50(41-18-7-2-8-19-41)37-57-61(53)52(51)43-20-9-3-10-21-43/h1-37H. The molecule has 0 aliphatic heterocycles. The molecule has 61 heavy (non-hydrogen) atoms. The summed E-state index contributed by atoms with van der Waals surface area (Å²) >= 11 is 0. The third-order valence-electron chi connectivity index (χ3n) is 11.3. The Labute approximate surface area is 354 Å². The van der Waals surface area contributed by atoms with Crippen molar-refractivity contribution in [3.8, 4) is 89.9 Å². The van der Waals surface area contributed by atoms with Crippen LogP contribution in [0.5, 0.6) is 0 Å². The Balaban J connectivity index is 1.00. The summed E-state index contributed by atoms with van der Waals surface area (Å²) in [6.45, 7) is 0. The van der Waals surface area contributed by atoms with Gasteiger partial charge in [-0.1, -0.05) is 212 Å². The summed E-state index contributed by atoms with van der Waals surface area (Å²) in [5.41, 5.74) is 15.0. The van der Waals surface area contributed by atoms with Crippen LogP contribution in [0.4, 0.5) is 0 Å². The van der Waals surface area contributed by atoms with Crippen LogP contribution in [0, 0.1) is 0 Å². The monoisotopic (exact) mass is 779 g/mol. The topological polar surface area (TPSA) is 56.0 Å². The zero-order chi connectivity index (χ0) is 40.5. The summed E-state index contributed by atoms with van der Waals surface area (Å²) in [6.07, 6.45) is 2.00. The Morgan fingerprint density at radius 3 is 1.33 bits per heavy atom. The second-order valence-corrected chi connectivity index (χ2v) is 15.1. The smallest absolute Gasteiger partial charge is 0.164 e. The van der Waals surface area contributed by atoms with E-state index in [1.165, 1.54) is 10.9 Å². The van der Waals surface area contributed by atoms with Gasteiger partial charge in [0.05, 0.1) is 17.4 Å². The summed E-state index contributed by atoms with van der Waals surface area (Å²) in [7, 11) is 0. The summed E-state index contributed by atoms with van der Waals surface area (Å²) in [5.74, 6) is 1.88. The molecule has 5 heteroatoms. The van der Waals surface area contributed by atoms with Crippen LogP contribution in [-0.4, -0.2) is 24.6 Å². The average molecular weight is 780 g/mol. The molecular weight excluding hydrogens is 743 g/mol. The third kappa shape index (κ3) is 6.74. The first-order valence-electron chi connectivity index (χ1n) is 20.5. The van der Waals surface area contributed by atoms with Gasteiger partial charge in [-0.2, -0.15) is 5.10 Å². The van der Waals surface area contributed by atoms with Crippen LogP contribution in [0.25, 0.3) is 106 Å². The lowest BCUT2D eigenvalue weighted by Crippen LogP contribution is -2.00. The summed E-state index contributed by atoms with van der Waals surface area (Å²) in [4.78, 5) is 15.1. The molecule has 3 aromatic heterocycles. The number of pyridine rings is 1. The highest BCUT2D eigenvalue weighted by Gasteiger charge is 2.21. The van der Waals surface area contributed by atoms with E-state index in [0.717, 1.165) is 77.8 Å². The lowest BCUT2D eigenvalue weighted by molar-refractivity contribution is 0.976. The van der Waals surface area contributed by atoms with Gasteiger partial charge in [-0.15, -0.1) is 0 Å². The molecule has 0 amide bonds. The summed E-state index contributed by atoms with van der Waals surface area (Å²) in [5, 5.41) is 7.41. The second-order valence-electron chi connectivity index (χ2n) is 15.1. The van der Waals surface area contributed by atoms with E-state index in [0.29, 0.717) is 17.5 Å². The number of hydrogen-bond acceptors (Lipinski definition) is 4. The van der Waals surface area contributed by atoms with E-state index in [9.17, 15) is 0 Å². The number of fused-ring (bicyclic) bond motifs is 3. The van der Waals surface area contributed by atoms with Crippen molar-refractivity contribution in [1.82, 2.24) is 24.6 Å². The minimum absolute atomic E-state index is 0.621. The van der Waals surface area contributed by atoms with E-state index in [4.69, 9.17) is 20.1 Å². The molecule has 286 valence electrons. The van der Waals surface area contributed by atoms with E-state index in [2.05, 4.69) is 187 Å². The van der Waals surface area contributed by atoms with Crippen LogP contribution in [0.1, 0.15) is 0 Å². The Kier molecular flexibility index (Phi) is 9.10. The zero-order valence-corrected chi connectivity index (χ0v) is 33.1. The highest BCUT2D eigenvalue weighted by atomic mass is 15.2. The lowest BCUT2D eigenvalue weighted by Gasteiger charge is -2.18. The van der Waals surface area contributed by atoms with Gasteiger partial charge in [0.1, 0.15) is 0 Å². The van der Waals surface area contributed by atoms with Crippen LogP contribution in [0.15, 0.2) is 225 Å². The van der Waals surface area contributed by atoms with E-state index in [1.54, 1.807) is 0 Å². The molecule has 0 aliphatic rings. The van der Waals surface area contributed by atoms with E-state index >= 15 is 0 Å². The van der Waals surface area contributed by atoms with Gasteiger partial charge < -0.3 is 0 Å². The molecule has 5 nitrogen and oxygen atoms in total. The van der Waals surface area contributed by atoms with Crippen molar-refractivity contribution in [3.05, 3.63) is 225 Å². The van der Waals surface area contributed by atoms with Crippen LogP contribution in [0.3, 0.4) is 0 Å². The molecule has 0 unspecified atom stereocenters. The molecule has 0 N–H and O–H groups in total. The molecule has 0 bridgehead atoms. The number of rotatable bonds is 8. The Morgan fingerprint density at radius 2 is 0.705 bits per heavy atom. The largest absolute Gasteiger partial charge is 0.231 e. The van der Waals surface area contributed by atoms with Gasteiger partial charge in [-0.3, -0.25) is 0 Å². The molecule has 0 atom stereocenters. The van der Waals surface area contributed by atoms with Gasteiger partial charge in [0.2, 0.25) is 0 Å². The van der Waals surface area contributed by atoms with E-state index in [-0.39, 0.29) is 0 Å². The zero-order valence-electron chi connectivity index (χ0n) is 33.1. The normalized spacial score (nSPS) is 11.3. The SMILES string of the molecule is c1ccc(-c2ccc(-c3nc(-c4ccccc4)nc(-c4cccc(-c5ccc(-c6c(-c7ccccc7)n7ncc(-c8ccccc8)c7c7ccccc67)cc5)c4)n3)cc2)cc1. The molecule has 0 radical (unpaired) electrons. The molecule has 0 aliphatic carbocycles. The fourth-order valence-corrected chi connectivity index (χ4v) is 8.36. The van der Waals surface area contributed by atoms with Crippen LogP contribution in [0.2, 0.25) is 0 Å². The van der Waals surface area contributed by atoms with Gasteiger partial charge in [-0.05, 0) is 44.8 Å². The van der Waals surface area contributed by atoms with Crippen LogP contribution >= 0.6 is 0 Å². The third-order valence-corrected chi connectivity index (χ3v) is 11.3. The van der Waals surface area contributed by atoms with Gasteiger partial charge in [0.15, 0.2) is 17.5 Å². The second kappa shape index (κ2) is 15.5. The highest BCUT2D eigenvalue weighted by molar-refractivity contribution is 6.13. The van der Waals surface area contributed by atoms with Crippen molar-refractivity contribution in [2.45, 2.75) is 0 Å². The van der Waals surface area contributed by atoms with Crippen molar-refractivity contribution < 1.29 is 0 Å². The van der Waals surface area contributed by atoms with Crippen molar-refractivity contribution in [1.29, 1.82) is 0 Å². The lowest BCUT2D eigenvalue weighted by atomic mass is 9.91. The molecule has 8 aromatic carbocycles. The van der Waals surface area contributed by atoms with E-state index in [1.807, 2.05) is 42.6 Å². The van der Waals surface area contributed by atoms with Crippen molar-refractivity contribution >= 4 is 16.3 Å². The van der Waals surface area contributed by atoms with Crippen LogP contribution in [-0.2, 0) is 0 Å². The van der Waals surface area contributed by atoms with E-state index < -0.39 is 0 Å². The molecule has 3 heterocycles. The summed E-state index contributed by atoms with van der Waals surface area (Å²) in [6, 6.07) is 76.1. The fourth-order valence-electron chi connectivity index (χ4n) is 8.36. The van der Waals surface area contributed by atoms with Gasteiger partial charge in [-0.25, -0.2) is 19.5 Å². The van der Waals surface area contributed by atoms with Gasteiger partial charge in [0, 0.05) is 38.8 Å². The predicted molar refractivity (Wildman–Crippen MR) is 250 cm³/mol. The number of benzene rings is 8. The first-order chi connectivity index (χ1) is 30.2. The van der Waals surface area contributed by atoms with Crippen molar-refractivity contribution in [2.75, 3.05) is 0 Å². The average Bonchev–Trinajstić information content (AvgIpc) is 3.80. The molecule has 0 saturated heterocycles. The molecule has 0 fully saturated rings. The van der Waals surface area contributed by atoms with Crippen molar-refractivity contribution in [3.63, 3.8) is 0 Å². The minimum atomic E-state index is 0.621. The predicted octanol–water partition coefficient (Wildman–Crippen LogP) is 14.0. The number of aromatic nitrogens is 5.